The summed E-state index contributed by atoms with van der Waals surface area (Å²) in [5.41, 5.74) is 0.961. The van der Waals surface area contributed by atoms with Crippen LogP contribution in [0.4, 0.5) is 4.79 Å². The molecule has 25 heavy (non-hydrogen) atoms. The van der Waals surface area contributed by atoms with Gasteiger partial charge in [0.2, 0.25) is 11.1 Å². The Bertz CT molecular complexity index is 758. The van der Waals surface area contributed by atoms with E-state index in [1.807, 2.05) is 35.0 Å². The van der Waals surface area contributed by atoms with Crippen molar-refractivity contribution in [3.05, 3.63) is 36.2 Å². The molecule has 0 bridgehead atoms. The summed E-state index contributed by atoms with van der Waals surface area (Å²) in [7, 11) is 0. The lowest BCUT2D eigenvalue weighted by Crippen LogP contribution is -2.42. The molecule has 0 saturated heterocycles. The zero-order valence-electron chi connectivity index (χ0n) is 14.2. The van der Waals surface area contributed by atoms with Gasteiger partial charge in [-0.2, -0.15) is 0 Å². The largest absolute Gasteiger partial charge is 0.338 e. The highest BCUT2D eigenvalue weighted by Crippen LogP contribution is 2.40. The second kappa shape index (κ2) is 7.69. The van der Waals surface area contributed by atoms with E-state index in [0.29, 0.717) is 17.6 Å². The molecule has 0 aliphatic heterocycles. The average Bonchev–Trinajstić information content (AvgIpc) is 3.36. The molecule has 1 saturated carbocycles. The number of amides is 3. The summed E-state index contributed by atoms with van der Waals surface area (Å²) in [6, 6.07) is 9.37. The molecule has 1 atom stereocenters. The standard InChI is InChI=1S/C17H21N5O2S/c1-3-18-16(24)20-15(23)11(2)25-17-19-14(12-9-10-12)22(21-17)13-7-5-4-6-8-13/h4-8,11-12H,3,9-10H2,1-2H3,(H2,18,20,23,24)/t11-/m0/s1. The Balaban J connectivity index is 1.73. The number of nitrogens with one attached hydrogen (secondary N) is 2. The van der Waals surface area contributed by atoms with Crippen LogP contribution in [0.5, 0.6) is 0 Å². The Morgan fingerprint density at radius 1 is 1.32 bits per heavy atom. The van der Waals surface area contributed by atoms with Gasteiger partial charge in [0.1, 0.15) is 5.82 Å². The van der Waals surface area contributed by atoms with Gasteiger partial charge in [0.05, 0.1) is 10.9 Å². The highest BCUT2D eigenvalue weighted by Gasteiger charge is 2.31. The van der Waals surface area contributed by atoms with E-state index in [-0.39, 0.29) is 5.91 Å². The fourth-order valence-corrected chi connectivity index (χ4v) is 3.11. The van der Waals surface area contributed by atoms with E-state index >= 15 is 0 Å². The lowest BCUT2D eigenvalue weighted by molar-refractivity contribution is -0.119. The maximum Gasteiger partial charge on any atom is 0.321 e. The highest BCUT2D eigenvalue weighted by molar-refractivity contribution is 8.00. The molecule has 1 aliphatic rings. The Labute approximate surface area is 150 Å². The molecule has 1 aromatic carbocycles. The molecular weight excluding hydrogens is 338 g/mol. The molecule has 1 fully saturated rings. The number of nitrogens with zero attached hydrogens (tertiary/aromatic N) is 3. The number of rotatable bonds is 6. The van der Waals surface area contributed by atoms with Crippen LogP contribution < -0.4 is 10.6 Å². The van der Waals surface area contributed by atoms with Gasteiger partial charge in [0, 0.05) is 12.5 Å². The van der Waals surface area contributed by atoms with Crippen LogP contribution in [0, 0.1) is 0 Å². The monoisotopic (exact) mass is 359 g/mol. The predicted molar refractivity (Wildman–Crippen MR) is 95.9 cm³/mol. The Kier molecular flexibility index (Phi) is 5.37. The predicted octanol–water partition coefficient (Wildman–Crippen LogP) is 2.47. The zero-order chi connectivity index (χ0) is 17.8. The number of imide groups is 1. The molecule has 1 heterocycles. The van der Waals surface area contributed by atoms with Crippen molar-refractivity contribution in [3.63, 3.8) is 0 Å². The van der Waals surface area contributed by atoms with Gasteiger partial charge in [-0.3, -0.25) is 10.1 Å². The van der Waals surface area contributed by atoms with Crippen LogP contribution in [0.25, 0.3) is 5.69 Å². The molecule has 2 aromatic rings. The van der Waals surface area contributed by atoms with Gasteiger partial charge in [-0.05, 0) is 38.8 Å². The summed E-state index contributed by atoms with van der Waals surface area (Å²) >= 11 is 1.25. The molecule has 0 unspecified atom stereocenters. The van der Waals surface area contributed by atoms with E-state index in [1.165, 1.54) is 11.8 Å². The molecule has 0 spiro atoms. The van der Waals surface area contributed by atoms with Crippen LogP contribution in [0.1, 0.15) is 38.4 Å². The van der Waals surface area contributed by atoms with Crippen LogP contribution in [0.15, 0.2) is 35.5 Å². The molecule has 3 rings (SSSR count). The van der Waals surface area contributed by atoms with E-state index in [9.17, 15) is 9.59 Å². The summed E-state index contributed by atoms with van der Waals surface area (Å²) in [5, 5.41) is 9.50. The zero-order valence-corrected chi connectivity index (χ0v) is 15.0. The van der Waals surface area contributed by atoms with Gasteiger partial charge in [-0.15, -0.1) is 5.10 Å². The second-order valence-electron chi connectivity index (χ2n) is 5.88. The Hall–Kier alpha value is -2.35. The minimum absolute atomic E-state index is 0.361. The first-order chi connectivity index (χ1) is 12.1. The van der Waals surface area contributed by atoms with Gasteiger partial charge >= 0.3 is 6.03 Å². The number of aromatic nitrogens is 3. The molecule has 7 nitrogen and oxygen atoms in total. The molecular formula is C17H21N5O2S. The first kappa shape index (κ1) is 17.5. The summed E-state index contributed by atoms with van der Waals surface area (Å²) in [5.74, 6) is 1.01. The fraction of sp³-hybridized carbons (Fsp3) is 0.412. The number of benzene rings is 1. The van der Waals surface area contributed by atoms with Crippen molar-refractivity contribution in [2.45, 2.75) is 43.0 Å². The van der Waals surface area contributed by atoms with Crippen molar-refractivity contribution >= 4 is 23.7 Å². The van der Waals surface area contributed by atoms with Gasteiger partial charge in [0.25, 0.3) is 0 Å². The summed E-state index contributed by atoms with van der Waals surface area (Å²) in [6.45, 7) is 4.00. The van der Waals surface area contributed by atoms with Gasteiger partial charge < -0.3 is 5.32 Å². The highest BCUT2D eigenvalue weighted by atomic mass is 32.2. The molecule has 132 valence electrons. The first-order valence-electron chi connectivity index (χ1n) is 8.36. The third-order valence-corrected chi connectivity index (χ3v) is 4.73. The summed E-state index contributed by atoms with van der Waals surface area (Å²) in [4.78, 5) is 28.2. The van der Waals surface area contributed by atoms with Crippen LogP contribution in [0.3, 0.4) is 0 Å². The van der Waals surface area contributed by atoms with E-state index in [0.717, 1.165) is 24.4 Å². The molecule has 1 aliphatic carbocycles. The third kappa shape index (κ3) is 4.39. The second-order valence-corrected chi connectivity index (χ2v) is 7.19. The number of carbonyl (C=O) groups excluding carboxylic acids is 2. The number of para-hydroxylation sites is 1. The maximum absolute atomic E-state index is 12.1. The number of hydrogen-bond donors (Lipinski definition) is 2. The van der Waals surface area contributed by atoms with E-state index in [4.69, 9.17) is 0 Å². The van der Waals surface area contributed by atoms with Crippen molar-refractivity contribution in [1.82, 2.24) is 25.4 Å². The minimum atomic E-state index is -0.485. The molecule has 1 aromatic heterocycles. The maximum atomic E-state index is 12.1. The first-order valence-corrected chi connectivity index (χ1v) is 9.24. The normalized spacial score (nSPS) is 14.8. The van der Waals surface area contributed by atoms with Crippen LogP contribution in [0.2, 0.25) is 0 Å². The van der Waals surface area contributed by atoms with Crippen molar-refractivity contribution < 1.29 is 9.59 Å². The third-order valence-electron chi connectivity index (χ3n) is 3.78. The fourth-order valence-electron chi connectivity index (χ4n) is 2.35. The molecule has 8 heteroatoms. The van der Waals surface area contributed by atoms with Crippen LogP contribution in [-0.2, 0) is 4.79 Å². The Morgan fingerprint density at radius 2 is 2.04 bits per heavy atom. The lowest BCUT2D eigenvalue weighted by atomic mass is 10.3. The molecule has 0 radical (unpaired) electrons. The number of carbonyl (C=O) groups is 2. The smallest absolute Gasteiger partial charge is 0.321 e. The number of hydrogen-bond acceptors (Lipinski definition) is 5. The summed E-state index contributed by atoms with van der Waals surface area (Å²) in [6.07, 6.45) is 2.23. The van der Waals surface area contributed by atoms with Crippen molar-refractivity contribution in [3.8, 4) is 5.69 Å². The summed E-state index contributed by atoms with van der Waals surface area (Å²) < 4.78 is 1.86. The van der Waals surface area contributed by atoms with E-state index in [1.54, 1.807) is 13.8 Å². The minimum Gasteiger partial charge on any atom is -0.338 e. The molecule has 2 N–H and O–H groups in total. The average molecular weight is 359 g/mol. The van der Waals surface area contributed by atoms with Crippen LogP contribution in [-0.4, -0.2) is 38.5 Å². The van der Waals surface area contributed by atoms with Gasteiger partial charge in [-0.25, -0.2) is 14.5 Å². The van der Waals surface area contributed by atoms with Gasteiger partial charge in [-0.1, -0.05) is 30.0 Å². The van der Waals surface area contributed by atoms with E-state index in [2.05, 4.69) is 20.7 Å². The van der Waals surface area contributed by atoms with Crippen molar-refractivity contribution in [2.24, 2.45) is 0 Å². The van der Waals surface area contributed by atoms with E-state index < -0.39 is 11.3 Å². The van der Waals surface area contributed by atoms with Crippen molar-refractivity contribution in [1.29, 1.82) is 0 Å². The lowest BCUT2D eigenvalue weighted by Gasteiger charge is -2.09. The number of urea groups is 1. The number of thioether (sulfide) groups is 1. The Morgan fingerprint density at radius 3 is 2.68 bits per heavy atom. The SMILES string of the molecule is CCNC(=O)NC(=O)[C@H](C)Sc1nc(C2CC2)n(-c2ccccc2)n1. The van der Waals surface area contributed by atoms with Crippen LogP contribution >= 0.6 is 11.8 Å². The van der Waals surface area contributed by atoms with Gasteiger partial charge in [0.15, 0.2) is 0 Å². The topological polar surface area (TPSA) is 88.9 Å². The molecule has 3 amide bonds. The quantitative estimate of drug-likeness (QED) is 0.774. The van der Waals surface area contributed by atoms with Crippen molar-refractivity contribution in [2.75, 3.05) is 6.54 Å².